The fraction of sp³-hybridized carbons (Fsp3) is 0.222. The maximum Gasteiger partial charge on any atom is 0.267 e. The number of nitrogen functional groups attached to an aromatic ring is 1. The number of phenols is 1. The first kappa shape index (κ1) is 22.8. The predicted molar refractivity (Wildman–Crippen MR) is 137 cm³/mol. The molecule has 1 atom stereocenters. The number of fused-ring (bicyclic) bond motifs is 1. The number of aromatic nitrogens is 6. The summed E-state index contributed by atoms with van der Waals surface area (Å²) in [4.78, 5) is 21.6. The Morgan fingerprint density at radius 1 is 1.05 bits per heavy atom. The van der Waals surface area contributed by atoms with E-state index in [0.29, 0.717) is 46.0 Å². The lowest BCUT2D eigenvalue weighted by molar-refractivity contribution is 0.469. The highest BCUT2D eigenvalue weighted by Gasteiger charge is 2.27. The van der Waals surface area contributed by atoms with E-state index < -0.39 is 11.9 Å². The molecule has 9 nitrogen and oxygen atoms in total. The third-order valence-electron chi connectivity index (χ3n) is 6.69. The molecule has 2 aromatic carbocycles. The van der Waals surface area contributed by atoms with E-state index in [4.69, 9.17) is 15.9 Å². The second-order valence-electron chi connectivity index (χ2n) is 9.40. The maximum absolute atomic E-state index is 14.2. The monoisotopic (exact) mass is 497 g/mol. The second-order valence-corrected chi connectivity index (χ2v) is 9.40. The van der Waals surface area contributed by atoms with Crippen molar-refractivity contribution in [2.24, 2.45) is 5.92 Å². The lowest BCUT2D eigenvalue weighted by Crippen LogP contribution is -2.26. The van der Waals surface area contributed by atoms with Gasteiger partial charge in [-0.15, -0.1) is 0 Å². The number of rotatable bonds is 6. The molecule has 0 radical (unpaired) electrons. The number of aromatic hydroxyl groups is 1. The van der Waals surface area contributed by atoms with Gasteiger partial charge in [0.05, 0.1) is 17.1 Å². The van der Waals surface area contributed by atoms with Gasteiger partial charge >= 0.3 is 0 Å². The quantitative estimate of drug-likeness (QED) is 0.361. The van der Waals surface area contributed by atoms with Crippen LogP contribution < -0.4 is 11.3 Å². The van der Waals surface area contributed by atoms with Gasteiger partial charge in [-0.3, -0.25) is 4.79 Å². The molecule has 1 fully saturated rings. The first-order chi connectivity index (χ1) is 17.9. The lowest BCUT2D eigenvalue weighted by Gasteiger charge is -2.18. The molecule has 0 spiro atoms. The SMILES string of the molecule is CC(c1cc(=O)n(CC2CC2)nc1-c1ccccc1)n1nc(-c2cc(O)cc(F)c2)c2c(N)ncnc21. The summed E-state index contributed by atoms with van der Waals surface area (Å²) in [5.74, 6) is -0.201. The van der Waals surface area contributed by atoms with E-state index in [0.717, 1.165) is 24.5 Å². The standard InChI is InChI=1S/C27H24FN7O2/c1-15(21-12-22(37)34(13-16-7-8-16)32-24(21)17-5-3-2-4-6-17)35-27-23(26(29)30-14-31-27)25(33-35)18-9-19(28)11-20(36)10-18/h2-6,9-12,14-16,36H,7-8,13H2,1H3,(H2,29,30,31). The first-order valence-electron chi connectivity index (χ1n) is 12.0. The number of halogens is 1. The number of benzene rings is 2. The van der Waals surface area contributed by atoms with E-state index in [2.05, 4.69) is 9.97 Å². The van der Waals surface area contributed by atoms with Gasteiger partial charge in [-0.05, 0) is 37.8 Å². The molecule has 3 aromatic heterocycles. The minimum Gasteiger partial charge on any atom is -0.508 e. The third-order valence-corrected chi connectivity index (χ3v) is 6.69. The Morgan fingerprint density at radius 3 is 2.57 bits per heavy atom. The molecule has 3 heterocycles. The summed E-state index contributed by atoms with van der Waals surface area (Å²) in [5, 5.41) is 19.9. The van der Waals surface area contributed by atoms with E-state index in [-0.39, 0.29) is 17.1 Å². The Balaban J connectivity index is 1.56. The Labute approximate surface area is 211 Å². The van der Waals surface area contributed by atoms with Crippen LogP contribution >= 0.6 is 0 Å². The molecule has 1 unspecified atom stereocenters. The van der Waals surface area contributed by atoms with Crippen LogP contribution in [0.5, 0.6) is 5.75 Å². The summed E-state index contributed by atoms with van der Waals surface area (Å²) in [7, 11) is 0. The van der Waals surface area contributed by atoms with Gasteiger partial charge in [-0.2, -0.15) is 10.2 Å². The Hall–Kier alpha value is -4.60. The van der Waals surface area contributed by atoms with Crippen LogP contribution in [0.4, 0.5) is 10.2 Å². The molecule has 3 N–H and O–H groups in total. The first-order valence-corrected chi connectivity index (χ1v) is 12.0. The molecule has 0 amide bonds. The number of nitrogens with two attached hydrogens (primary N) is 1. The van der Waals surface area contributed by atoms with Crippen molar-refractivity contribution in [1.29, 1.82) is 0 Å². The minimum atomic E-state index is -0.615. The Morgan fingerprint density at radius 2 is 1.84 bits per heavy atom. The molecule has 10 heteroatoms. The summed E-state index contributed by atoms with van der Waals surface area (Å²) in [6.07, 6.45) is 3.54. The van der Waals surface area contributed by atoms with Crippen molar-refractivity contribution in [3.05, 3.63) is 82.7 Å². The molecule has 0 bridgehead atoms. The van der Waals surface area contributed by atoms with Gasteiger partial charge in [-0.1, -0.05) is 30.3 Å². The zero-order valence-corrected chi connectivity index (χ0v) is 20.0. The zero-order valence-electron chi connectivity index (χ0n) is 20.0. The smallest absolute Gasteiger partial charge is 0.267 e. The van der Waals surface area contributed by atoms with E-state index >= 15 is 0 Å². The molecule has 0 aliphatic heterocycles. The number of nitrogens with zero attached hydrogens (tertiary/aromatic N) is 6. The molecule has 186 valence electrons. The average Bonchev–Trinajstić information content (AvgIpc) is 3.61. The van der Waals surface area contributed by atoms with Crippen LogP contribution in [-0.4, -0.2) is 34.6 Å². The normalized spacial score (nSPS) is 14.2. The van der Waals surface area contributed by atoms with Crippen molar-refractivity contribution in [3.8, 4) is 28.3 Å². The van der Waals surface area contributed by atoms with Crippen molar-refractivity contribution in [1.82, 2.24) is 29.5 Å². The summed E-state index contributed by atoms with van der Waals surface area (Å²) in [6.45, 7) is 2.49. The van der Waals surface area contributed by atoms with Gasteiger partial charge in [0, 0.05) is 35.4 Å². The number of hydrogen-bond donors (Lipinski definition) is 2. The summed E-state index contributed by atoms with van der Waals surface area (Å²) in [6, 6.07) is 14.5. The van der Waals surface area contributed by atoms with Crippen molar-refractivity contribution < 1.29 is 9.50 Å². The van der Waals surface area contributed by atoms with Crippen molar-refractivity contribution in [2.75, 3.05) is 5.73 Å². The van der Waals surface area contributed by atoms with Crippen LogP contribution in [0.15, 0.2) is 65.7 Å². The van der Waals surface area contributed by atoms with Crippen LogP contribution in [-0.2, 0) is 6.54 Å². The van der Waals surface area contributed by atoms with E-state index in [1.165, 1.54) is 18.5 Å². The summed E-state index contributed by atoms with van der Waals surface area (Å²) in [5.41, 5.74) is 9.30. The van der Waals surface area contributed by atoms with E-state index in [1.807, 2.05) is 37.3 Å². The minimum absolute atomic E-state index is 0.170. The van der Waals surface area contributed by atoms with Gasteiger partial charge in [0.1, 0.15) is 29.4 Å². The van der Waals surface area contributed by atoms with Gasteiger partial charge in [0.2, 0.25) is 0 Å². The number of hydrogen-bond acceptors (Lipinski definition) is 7. The van der Waals surface area contributed by atoms with Crippen molar-refractivity contribution >= 4 is 16.9 Å². The fourth-order valence-electron chi connectivity index (χ4n) is 4.63. The van der Waals surface area contributed by atoms with Crippen LogP contribution in [0.2, 0.25) is 0 Å². The Bertz CT molecular complexity index is 1670. The highest BCUT2D eigenvalue weighted by atomic mass is 19.1. The predicted octanol–water partition coefficient (Wildman–Crippen LogP) is 4.16. The Kier molecular flexibility index (Phi) is 5.44. The molecule has 6 rings (SSSR count). The van der Waals surface area contributed by atoms with Gasteiger partial charge < -0.3 is 10.8 Å². The molecule has 0 saturated heterocycles. The molecule has 5 aromatic rings. The molecule has 1 aliphatic carbocycles. The summed E-state index contributed by atoms with van der Waals surface area (Å²) < 4.78 is 17.3. The molecule has 1 aliphatic rings. The lowest BCUT2D eigenvalue weighted by atomic mass is 10.0. The third kappa shape index (κ3) is 4.20. The van der Waals surface area contributed by atoms with Gasteiger partial charge in [-0.25, -0.2) is 23.7 Å². The summed E-state index contributed by atoms with van der Waals surface area (Å²) >= 11 is 0. The van der Waals surface area contributed by atoms with Crippen LogP contribution in [0.25, 0.3) is 33.5 Å². The second kappa shape index (κ2) is 8.81. The van der Waals surface area contributed by atoms with Crippen LogP contribution in [0, 0.1) is 11.7 Å². The molecule has 1 saturated carbocycles. The highest BCUT2D eigenvalue weighted by molar-refractivity contribution is 5.98. The largest absolute Gasteiger partial charge is 0.508 e. The fourth-order valence-corrected chi connectivity index (χ4v) is 4.63. The van der Waals surface area contributed by atoms with Gasteiger partial charge in [0.15, 0.2) is 5.65 Å². The maximum atomic E-state index is 14.2. The molecular weight excluding hydrogens is 473 g/mol. The molecular formula is C27H24FN7O2. The van der Waals surface area contributed by atoms with Gasteiger partial charge in [0.25, 0.3) is 5.56 Å². The van der Waals surface area contributed by atoms with E-state index in [9.17, 15) is 14.3 Å². The number of anilines is 1. The highest BCUT2D eigenvalue weighted by Crippen LogP contribution is 2.36. The molecule has 37 heavy (non-hydrogen) atoms. The number of phenolic OH excluding ortho intramolecular Hbond substituents is 1. The van der Waals surface area contributed by atoms with Crippen molar-refractivity contribution in [2.45, 2.75) is 32.4 Å². The van der Waals surface area contributed by atoms with Crippen LogP contribution in [0.3, 0.4) is 0 Å². The van der Waals surface area contributed by atoms with Crippen molar-refractivity contribution in [3.63, 3.8) is 0 Å². The average molecular weight is 498 g/mol. The van der Waals surface area contributed by atoms with E-state index in [1.54, 1.807) is 15.4 Å². The topological polar surface area (TPSA) is 125 Å². The zero-order chi connectivity index (χ0) is 25.7. The van der Waals surface area contributed by atoms with Crippen LogP contribution in [0.1, 0.15) is 31.4 Å².